The molecule has 0 fully saturated rings. The number of oxazole rings is 2. The van der Waals surface area contributed by atoms with Crippen molar-refractivity contribution in [2.75, 3.05) is 67.4 Å². The Morgan fingerprint density at radius 3 is 0.643 bits per heavy atom. The number of rotatable bonds is 6. The van der Waals surface area contributed by atoms with Crippen LogP contribution in [0, 0.1) is 0 Å². The maximum atomic E-state index is 7.44. The molecule has 11 aromatic carbocycles. The van der Waals surface area contributed by atoms with Gasteiger partial charge in [0.25, 0.3) is 0 Å². The highest BCUT2D eigenvalue weighted by molar-refractivity contribution is 6.23. The monoisotopic (exact) mass is 1090 g/mol. The van der Waals surface area contributed by atoms with E-state index in [9.17, 15) is 0 Å². The summed E-state index contributed by atoms with van der Waals surface area (Å²) in [6.45, 7) is 0. The first kappa shape index (κ1) is 47.6. The summed E-state index contributed by atoms with van der Waals surface area (Å²) in [5.41, 5.74) is 23.1. The molecule has 0 saturated carbocycles. The molecule has 12 nitrogen and oxygen atoms in total. The average molecular weight is 1090 g/mol. The van der Waals surface area contributed by atoms with Gasteiger partial charge in [-0.15, -0.1) is 0 Å². The van der Waals surface area contributed by atoms with Crippen LogP contribution < -0.4 is 39.2 Å². The van der Waals surface area contributed by atoms with E-state index in [2.05, 4.69) is 262 Å². The summed E-state index contributed by atoms with van der Waals surface area (Å²) in [6.07, 6.45) is 0. The van der Waals surface area contributed by atoms with Crippen LogP contribution in [0.3, 0.4) is 0 Å². The van der Waals surface area contributed by atoms with Crippen molar-refractivity contribution in [3.8, 4) is 22.9 Å². The van der Waals surface area contributed by atoms with Crippen LogP contribution in [0.2, 0.25) is 0 Å². The third-order valence-electron chi connectivity index (χ3n) is 17.2. The van der Waals surface area contributed by atoms with Crippen LogP contribution in [0.4, 0.5) is 114 Å². The Balaban J connectivity index is 1.21. The molecule has 6 heterocycles. The third-order valence-corrected chi connectivity index (χ3v) is 17.2. The molecule has 0 spiro atoms. The Kier molecular flexibility index (Phi) is 10.3. The van der Waals surface area contributed by atoms with Gasteiger partial charge in [0.1, 0.15) is 11.0 Å². The smallest absolute Gasteiger partial charge is 0.230 e. The van der Waals surface area contributed by atoms with Gasteiger partial charge in [-0.3, -0.25) is 0 Å². The Hall–Kier alpha value is -11.2. The molecule has 402 valence electrons. The van der Waals surface area contributed by atoms with Gasteiger partial charge in [-0.25, -0.2) is 9.97 Å². The predicted molar refractivity (Wildman–Crippen MR) is 343 cm³/mol. The van der Waals surface area contributed by atoms with Crippen molar-refractivity contribution in [2.45, 2.75) is 0 Å². The molecule has 0 saturated heterocycles. The van der Waals surface area contributed by atoms with Crippen LogP contribution in [0.5, 0.6) is 0 Å². The van der Waals surface area contributed by atoms with Crippen molar-refractivity contribution in [1.82, 2.24) is 9.97 Å². The van der Waals surface area contributed by atoms with E-state index in [0.717, 1.165) is 114 Å². The van der Waals surface area contributed by atoms with Gasteiger partial charge in [0, 0.05) is 28.2 Å². The van der Waals surface area contributed by atoms with Crippen LogP contribution >= 0.6 is 0 Å². The van der Waals surface area contributed by atoms with Crippen LogP contribution in [0.1, 0.15) is 0 Å². The molecule has 0 atom stereocenters. The summed E-state index contributed by atoms with van der Waals surface area (Å²) >= 11 is 0. The molecule has 84 heavy (non-hydrogen) atoms. The molecule has 0 amide bonds. The maximum Gasteiger partial charge on any atom is 0.230 e. The summed E-state index contributed by atoms with van der Waals surface area (Å²) in [5.74, 6) is 0.772. The topological polar surface area (TPSA) is 78.0 Å². The molecule has 17 rings (SSSR count). The quantitative estimate of drug-likeness (QED) is 0.159. The minimum atomic E-state index is 0.386. The number of fused-ring (bicyclic) bond motifs is 10. The minimum absolute atomic E-state index is 0.386. The highest BCUT2D eigenvalue weighted by Crippen LogP contribution is 2.70. The summed E-state index contributed by atoms with van der Waals surface area (Å²) in [4.78, 5) is 30.4. The Labute approximate surface area is 485 Å². The minimum Gasteiger partial charge on any atom is -0.436 e. The molecular formula is C72H52N10O2. The highest BCUT2D eigenvalue weighted by Gasteiger charge is 2.47. The van der Waals surface area contributed by atoms with Crippen molar-refractivity contribution < 1.29 is 8.83 Å². The number of hydrogen-bond acceptors (Lipinski definition) is 12. The number of nitrogens with zero attached hydrogens (tertiary/aromatic N) is 10. The molecule has 4 aliphatic heterocycles. The molecule has 0 bridgehead atoms. The summed E-state index contributed by atoms with van der Waals surface area (Å²) in [6, 6.07) is 85.9. The van der Waals surface area contributed by atoms with Crippen molar-refractivity contribution in [3.05, 3.63) is 243 Å². The first-order valence-electron chi connectivity index (χ1n) is 28.2. The number of benzene rings is 11. The van der Waals surface area contributed by atoms with E-state index in [0.29, 0.717) is 45.1 Å². The molecule has 0 unspecified atom stereocenters. The van der Waals surface area contributed by atoms with E-state index in [4.69, 9.17) is 18.8 Å². The van der Waals surface area contributed by atoms with Gasteiger partial charge in [-0.2, -0.15) is 0 Å². The van der Waals surface area contributed by atoms with Crippen LogP contribution in [-0.4, -0.2) is 38.2 Å². The Morgan fingerprint density at radius 2 is 0.417 bits per heavy atom. The number of para-hydroxylation sites is 20. The van der Waals surface area contributed by atoms with Crippen molar-refractivity contribution >= 4 is 136 Å². The van der Waals surface area contributed by atoms with E-state index in [1.165, 1.54) is 0 Å². The molecular weight excluding hydrogens is 1040 g/mol. The lowest BCUT2D eigenvalue weighted by Crippen LogP contribution is -2.32. The van der Waals surface area contributed by atoms with E-state index in [1.54, 1.807) is 0 Å². The van der Waals surface area contributed by atoms with Crippen LogP contribution in [-0.2, 0) is 0 Å². The number of aromatic nitrogens is 2. The third kappa shape index (κ3) is 6.70. The number of anilines is 20. The fourth-order valence-electron chi connectivity index (χ4n) is 13.4. The summed E-state index contributed by atoms with van der Waals surface area (Å²) in [7, 11) is 8.65. The fraction of sp³-hybridized carbons (Fsp3) is 0.0556. The molecule has 0 aliphatic carbocycles. The summed E-state index contributed by atoms with van der Waals surface area (Å²) in [5, 5.41) is 0. The highest BCUT2D eigenvalue weighted by atomic mass is 16.4. The normalized spacial score (nSPS) is 13.8. The second-order valence-corrected chi connectivity index (χ2v) is 21.6. The first-order chi connectivity index (χ1) is 41.4. The Morgan fingerprint density at radius 1 is 0.226 bits per heavy atom. The molecule has 0 N–H and O–H groups in total. The molecule has 12 heteroatoms. The average Bonchev–Trinajstić information content (AvgIpc) is 1.29. The predicted octanol–water partition coefficient (Wildman–Crippen LogP) is 19.5. The molecule has 0 radical (unpaired) electrons. The first-order valence-corrected chi connectivity index (χ1v) is 28.2. The zero-order valence-electron chi connectivity index (χ0n) is 46.4. The number of hydrogen-bond donors (Lipinski definition) is 0. The SMILES string of the molecule is CN1c2ccccc2N(c2c(-c3nc4ccccc4o3)c(-c3nc4ccccc4o3)c(N3c4ccccc4N(C)c4ccccc43)c(N3c4ccccc4N(C)c4ccccc43)c2N2c3ccccc3N(C)c3ccccc32)c2ccccc21. The fourth-order valence-corrected chi connectivity index (χ4v) is 13.4. The van der Waals surface area contributed by atoms with Gasteiger partial charge in [-0.1, -0.05) is 121 Å². The molecule has 4 aliphatic rings. The zero-order chi connectivity index (χ0) is 55.9. The van der Waals surface area contributed by atoms with E-state index in [1.807, 2.05) is 48.5 Å². The largest absolute Gasteiger partial charge is 0.436 e. The van der Waals surface area contributed by atoms with Crippen molar-refractivity contribution in [1.29, 1.82) is 0 Å². The standard InChI is InChI=1S/C72H52N10O2/c1-75-47-27-7-15-35-55(47)79(56-36-16-8-28-48(56)75)67-65(71-73-45-25-5-23-43-63(45)83-71)66(72-74-46-26-6-24-44-64(46)84-72)68(80-57-37-17-9-29-49(57)76(2)50-30-10-18-38-58(50)80)70(82-61-41-21-13-33-53(61)78(4)54-34-14-22-42-62(54)82)69(67)81-59-39-19-11-31-51(59)77(3)52-32-12-20-40-60(52)81/h5-44H,1-4H3. The van der Waals surface area contributed by atoms with Crippen LogP contribution in [0.15, 0.2) is 251 Å². The van der Waals surface area contributed by atoms with E-state index >= 15 is 0 Å². The van der Waals surface area contributed by atoms with Crippen molar-refractivity contribution in [3.63, 3.8) is 0 Å². The lowest BCUT2D eigenvalue weighted by atomic mass is 9.90. The Bertz CT molecular complexity index is 4290. The van der Waals surface area contributed by atoms with Gasteiger partial charge in [-0.05, 0) is 121 Å². The van der Waals surface area contributed by atoms with Crippen LogP contribution in [0.25, 0.3) is 45.1 Å². The lowest BCUT2D eigenvalue weighted by molar-refractivity contribution is 0.611. The second-order valence-electron chi connectivity index (χ2n) is 21.6. The van der Waals surface area contributed by atoms with Gasteiger partial charge in [0.05, 0.1) is 125 Å². The maximum absolute atomic E-state index is 7.44. The van der Waals surface area contributed by atoms with E-state index in [-0.39, 0.29) is 0 Å². The molecule has 2 aromatic heterocycles. The van der Waals surface area contributed by atoms with Gasteiger partial charge >= 0.3 is 0 Å². The van der Waals surface area contributed by atoms with Gasteiger partial charge in [0.2, 0.25) is 11.8 Å². The molecule has 13 aromatic rings. The lowest BCUT2D eigenvalue weighted by Gasteiger charge is -2.48. The van der Waals surface area contributed by atoms with Gasteiger partial charge < -0.3 is 48.0 Å². The second kappa shape index (κ2) is 18.1. The van der Waals surface area contributed by atoms with Crippen molar-refractivity contribution in [2.24, 2.45) is 0 Å². The van der Waals surface area contributed by atoms with E-state index < -0.39 is 0 Å². The van der Waals surface area contributed by atoms with Gasteiger partial charge in [0.15, 0.2) is 11.2 Å². The zero-order valence-corrected chi connectivity index (χ0v) is 46.4. The summed E-state index contributed by atoms with van der Waals surface area (Å²) < 4.78 is 14.9.